The Morgan fingerprint density at radius 3 is 2.47 bits per heavy atom. The molecule has 0 saturated carbocycles. The Bertz CT molecular complexity index is 726. The number of benzene rings is 2. The van der Waals surface area contributed by atoms with E-state index in [4.69, 9.17) is 9.15 Å². The Morgan fingerprint density at radius 2 is 1.79 bits per heavy atom. The monoisotopic (exact) mass is 316 g/mol. The fourth-order valence-electron chi connectivity index (χ4n) is 2.21. The van der Waals surface area contributed by atoms with Gasteiger partial charge in [0.2, 0.25) is 0 Å². The third-order valence-corrected chi connectivity index (χ3v) is 3.74. The summed E-state index contributed by atoms with van der Waals surface area (Å²) in [4.78, 5) is 0. The summed E-state index contributed by atoms with van der Waals surface area (Å²) < 4.78 is 12.2. The Balaban J connectivity index is 2.16. The van der Waals surface area contributed by atoms with Gasteiger partial charge >= 0.3 is 0 Å². The Morgan fingerprint density at radius 1 is 1.05 bits per heavy atom. The van der Waals surface area contributed by atoms with Gasteiger partial charge in [-0.1, -0.05) is 15.9 Å². The van der Waals surface area contributed by atoms with E-state index in [9.17, 15) is 0 Å². The number of fused-ring (bicyclic) bond motifs is 1. The van der Waals surface area contributed by atoms with Gasteiger partial charge in [-0.25, -0.2) is 0 Å². The quantitative estimate of drug-likeness (QED) is 0.650. The highest BCUT2D eigenvalue weighted by Crippen LogP contribution is 2.34. The maximum absolute atomic E-state index is 5.95. The van der Waals surface area contributed by atoms with E-state index in [0.717, 1.165) is 38.1 Å². The molecule has 1 aromatic heterocycles. The van der Waals surface area contributed by atoms with E-state index in [1.807, 2.05) is 36.4 Å². The second-order valence-electron chi connectivity index (χ2n) is 4.43. The van der Waals surface area contributed by atoms with Crippen LogP contribution in [0.2, 0.25) is 0 Å². The molecule has 0 spiro atoms. The maximum atomic E-state index is 5.95. The van der Waals surface area contributed by atoms with Crippen LogP contribution < -0.4 is 4.74 Å². The molecule has 3 heteroatoms. The molecule has 0 atom stereocenters. The van der Waals surface area contributed by atoms with Gasteiger partial charge in [-0.2, -0.15) is 0 Å². The largest absolute Gasteiger partial charge is 0.497 e. The Hall–Kier alpha value is -1.74. The van der Waals surface area contributed by atoms with E-state index in [1.54, 1.807) is 7.11 Å². The predicted octanol–water partition coefficient (Wildman–Crippen LogP) is 5.18. The van der Waals surface area contributed by atoms with Crippen molar-refractivity contribution in [2.24, 2.45) is 0 Å². The summed E-state index contributed by atoms with van der Waals surface area (Å²) in [6, 6.07) is 14.0. The SMILES string of the molecule is COc1ccc(-c2oc3ccc(Br)cc3c2C)cc1. The van der Waals surface area contributed by atoms with Gasteiger partial charge in [0.15, 0.2) is 0 Å². The van der Waals surface area contributed by atoms with Crippen LogP contribution in [0.1, 0.15) is 5.56 Å². The van der Waals surface area contributed by atoms with Crippen molar-refractivity contribution in [2.75, 3.05) is 7.11 Å². The first-order valence-corrected chi connectivity index (χ1v) is 6.81. The standard InChI is InChI=1S/C16H13BrO2/c1-10-14-9-12(17)5-8-15(14)19-16(10)11-3-6-13(18-2)7-4-11/h3-9H,1-2H3. The van der Waals surface area contributed by atoms with Gasteiger partial charge in [-0.15, -0.1) is 0 Å². The van der Waals surface area contributed by atoms with Gasteiger partial charge < -0.3 is 9.15 Å². The van der Waals surface area contributed by atoms with Crippen molar-refractivity contribution >= 4 is 26.9 Å². The molecule has 2 nitrogen and oxygen atoms in total. The first kappa shape index (κ1) is 12.3. The van der Waals surface area contributed by atoms with Crippen molar-refractivity contribution in [1.82, 2.24) is 0 Å². The summed E-state index contributed by atoms with van der Waals surface area (Å²) in [5.41, 5.74) is 3.12. The molecule has 0 aliphatic rings. The van der Waals surface area contributed by atoms with E-state index < -0.39 is 0 Å². The highest BCUT2D eigenvalue weighted by Gasteiger charge is 2.12. The minimum absolute atomic E-state index is 0.847. The molecule has 0 aliphatic heterocycles. The van der Waals surface area contributed by atoms with Crippen LogP contribution in [0.25, 0.3) is 22.3 Å². The van der Waals surface area contributed by atoms with E-state index in [-0.39, 0.29) is 0 Å². The number of hydrogen-bond acceptors (Lipinski definition) is 2. The molecule has 1 heterocycles. The summed E-state index contributed by atoms with van der Waals surface area (Å²) in [6.07, 6.45) is 0. The molecular formula is C16H13BrO2. The molecule has 0 bridgehead atoms. The van der Waals surface area contributed by atoms with Gasteiger partial charge in [-0.05, 0) is 49.4 Å². The average molecular weight is 317 g/mol. The number of methoxy groups -OCH3 is 1. The third kappa shape index (κ3) is 2.15. The van der Waals surface area contributed by atoms with Crippen LogP contribution in [0.3, 0.4) is 0 Å². The molecule has 0 radical (unpaired) electrons. The highest BCUT2D eigenvalue weighted by molar-refractivity contribution is 9.10. The molecule has 96 valence electrons. The van der Waals surface area contributed by atoms with Crippen molar-refractivity contribution < 1.29 is 9.15 Å². The maximum Gasteiger partial charge on any atom is 0.138 e. The molecule has 19 heavy (non-hydrogen) atoms. The molecular weight excluding hydrogens is 304 g/mol. The third-order valence-electron chi connectivity index (χ3n) is 3.25. The molecule has 0 amide bonds. The Kier molecular flexibility index (Phi) is 3.07. The van der Waals surface area contributed by atoms with E-state index in [2.05, 4.69) is 28.9 Å². The van der Waals surface area contributed by atoms with Crippen LogP contribution in [0, 0.1) is 6.92 Å². The van der Waals surface area contributed by atoms with E-state index in [1.165, 1.54) is 0 Å². The van der Waals surface area contributed by atoms with Crippen LogP contribution >= 0.6 is 15.9 Å². The zero-order valence-corrected chi connectivity index (χ0v) is 12.3. The average Bonchev–Trinajstić information content (AvgIpc) is 2.76. The number of rotatable bonds is 2. The molecule has 0 unspecified atom stereocenters. The van der Waals surface area contributed by atoms with E-state index >= 15 is 0 Å². The summed E-state index contributed by atoms with van der Waals surface area (Å²) >= 11 is 3.49. The molecule has 3 rings (SSSR count). The van der Waals surface area contributed by atoms with Gasteiger partial charge in [-0.3, -0.25) is 0 Å². The topological polar surface area (TPSA) is 22.4 Å². The summed E-state index contributed by atoms with van der Waals surface area (Å²) in [7, 11) is 1.67. The number of furan rings is 1. The Labute approximate surface area is 120 Å². The fraction of sp³-hybridized carbons (Fsp3) is 0.125. The zero-order valence-electron chi connectivity index (χ0n) is 10.7. The molecule has 2 aromatic carbocycles. The molecule has 0 fully saturated rings. The minimum Gasteiger partial charge on any atom is -0.497 e. The number of halogens is 1. The van der Waals surface area contributed by atoms with Crippen molar-refractivity contribution in [3.8, 4) is 17.1 Å². The summed E-state index contributed by atoms with van der Waals surface area (Å²) in [5.74, 6) is 1.76. The minimum atomic E-state index is 0.847. The zero-order chi connectivity index (χ0) is 13.4. The molecule has 0 saturated heterocycles. The number of hydrogen-bond donors (Lipinski definition) is 0. The normalized spacial score (nSPS) is 10.9. The van der Waals surface area contributed by atoms with Crippen LogP contribution in [0.5, 0.6) is 5.75 Å². The lowest BCUT2D eigenvalue weighted by Gasteiger charge is -2.01. The van der Waals surface area contributed by atoms with Gasteiger partial charge in [0.25, 0.3) is 0 Å². The van der Waals surface area contributed by atoms with Crippen molar-refractivity contribution in [1.29, 1.82) is 0 Å². The van der Waals surface area contributed by atoms with Crippen LogP contribution in [-0.4, -0.2) is 7.11 Å². The van der Waals surface area contributed by atoms with Crippen molar-refractivity contribution in [3.63, 3.8) is 0 Å². The van der Waals surface area contributed by atoms with Crippen LogP contribution in [0.15, 0.2) is 51.4 Å². The second-order valence-corrected chi connectivity index (χ2v) is 5.34. The van der Waals surface area contributed by atoms with Crippen molar-refractivity contribution in [3.05, 3.63) is 52.5 Å². The lowest BCUT2D eigenvalue weighted by atomic mass is 10.1. The number of ether oxygens (including phenoxy) is 1. The number of aryl methyl sites for hydroxylation is 1. The lowest BCUT2D eigenvalue weighted by Crippen LogP contribution is -1.82. The molecule has 0 N–H and O–H groups in total. The summed E-state index contributed by atoms with van der Waals surface area (Å²) in [5, 5.41) is 1.14. The van der Waals surface area contributed by atoms with Crippen LogP contribution in [0.4, 0.5) is 0 Å². The fourth-order valence-corrected chi connectivity index (χ4v) is 2.57. The first-order valence-electron chi connectivity index (χ1n) is 6.02. The molecule has 0 aliphatic carbocycles. The van der Waals surface area contributed by atoms with Crippen LogP contribution in [-0.2, 0) is 0 Å². The summed E-state index contributed by atoms with van der Waals surface area (Å²) in [6.45, 7) is 2.08. The van der Waals surface area contributed by atoms with Gasteiger partial charge in [0.05, 0.1) is 7.11 Å². The van der Waals surface area contributed by atoms with E-state index in [0.29, 0.717) is 0 Å². The first-order chi connectivity index (χ1) is 9.19. The molecule has 3 aromatic rings. The van der Waals surface area contributed by atoms with Crippen molar-refractivity contribution in [2.45, 2.75) is 6.92 Å². The predicted molar refractivity (Wildman–Crippen MR) is 80.6 cm³/mol. The lowest BCUT2D eigenvalue weighted by molar-refractivity contribution is 0.415. The highest BCUT2D eigenvalue weighted by atomic mass is 79.9. The van der Waals surface area contributed by atoms with Gasteiger partial charge in [0, 0.05) is 21.0 Å². The second kappa shape index (κ2) is 4.74. The smallest absolute Gasteiger partial charge is 0.138 e. The van der Waals surface area contributed by atoms with Gasteiger partial charge in [0.1, 0.15) is 17.1 Å².